The Morgan fingerprint density at radius 2 is 2.00 bits per heavy atom. The van der Waals surface area contributed by atoms with Crippen LogP contribution in [-0.4, -0.2) is 15.5 Å². The molecule has 1 N–H and O–H groups in total. The first-order chi connectivity index (χ1) is 9.81. The van der Waals surface area contributed by atoms with Crippen LogP contribution < -0.4 is 5.06 Å². The van der Waals surface area contributed by atoms with Crippen molar-refractivity contribution in [2.45, 2.75) is 13.0 Å². The summed E-state index contributed by atoms with van der Waals surface area (Å²) in [4.78, 5) is 4.42. The molecule has 0 spiro atoms. The van der Waals surface area contributed by atoms with Gasteiger partial charge in [0.1, 0.15) is 0 Å². The first kappa shape index (κ1) is 13.3. The van der Waals surface area contributed by atoms with Crippen LogP contribution >= 0.6 is 15.9 Å². The number of alkyl halides is 1. The minimum atomic E-state index is 0.402. The monoisotopic (exact) mass is 330 g/mol. The molecule has 0 bridgehead atoms. The third kappa shape index (κ3) is 2.37. The molecular weight excluding hydrogens is 316 g/mol. The fourth-order valence-corrected chi connectivity index (χ4v) is 2.76. The molecule has 0 radical (unpaired) electrons. The van der Waals surface area contributed by atoms with Crippen molar-refractivity contribution in [2.75, 3.05) is 10.4 Å². The van der Waals surface area contributed by atoms with Crippen LogP contribution in [0.4, 0.5) is 5.69 Å². The summed E-state index contributed by atoms with van der Waals surface area (Å²) in [6, 6.07) is 11.9. The number of hydrogen-bond acceptors (Lipinski definition) is 3. The number of fused-ring (bicyclic) bond motifs is 2. The van der Waals surface area contributed by atoms with E-state index in [2.05, 4.69) is 33.1 Å². The maximum Gasteiger partial charge on any atom is 0.0882 e. The van der Waals surface area contributed by atoms with Gasteiger partial charge in [-0.05, 0) is 24.1 Å². The number of rotatable bonds is 2. The summed E-state index contributed by atoms with van der Waals surface area (Å²) in [6.07, 6.45) is 4.90. The number of aromatic nitrogens is 1. The van der Waals surface area contributed by atoms with E-state index in [4.69, 9.17) is 0 Å². The van der Waals surface area contributed by atoms with Gasteiger partial charge in [-0.2, -0.15) is 0 Å². The molecule has 3 rings (SSSR count). The molecular formula is C16H15BrN2O. The normalized spacial score (nSPS) is 15.7. The highest BCUT2D eigenvalue weighted by Gasteiger charge is 2.21. The van der Waals surface area contributed by atoms with Gasteiger partial charge in [-0.3, -0.25) is 15.3 Å². The summed E-state index contributed by atoms with van der Waals surface area (Å²) < 4.78 is 0. The van der Waals surface area contributed by atoms with E-state index in [-0.39, 0.29) is 0 Å². The van der Waals surface area contributed by atoms with Gasteiger partial charge in [0.15, 0.2) is 0 Å². The van der Waals surface area contributed by atoms with Crippen molar-refractivity contribution in [3.63, 3.8) is 0 Å². The van der Waals surface area contributed by atoms with Crippen molar-refractivity contribution in [3.8, 4) is 0 Å². The van der Waals surface area contributed by atoms with Gasteiger partial charge in [0.25, 0.3) is 0 Å². The lowest BCUT2D eigenvalue weighted by atomic mass is 9.96. The lowest BCUT2D eigenvalue weighted by molar-refractivity contribution is 0.249. The van der Waals surface area contributed by atoms with Crippen molar-refractivity contribution >= 4 is 27.2 Å². The van der Waals surface area contributed by atoms with E-state index < -0.39 is 0 Å². The van der Waals surface area contributed by atoms with Crippen molar-refractivity contribution < 1.29 is 5.21 Å². The number of hydroxylamine groups is 1. The van der Waals surface area contributed by atoms with Crippen molar-refractivity contribution in [2.24, 2.45) is 0 Å². The third-order valence-corrected chi connectivity index (χ3v) is 3.87. The maximum atomic E-state index is 10.3. The standard InChI is InChI=1S/C16H15BrN2O/c17-9-3-6-12-13-7-4-10-18-15(13)11-19(20)16-8-2-1-5-14(12)16/h1-2,4-8,10,20H,3,9,11H2. The lowest BCUT2D eigenvalue weighted by Crippen LogP contribution is -2.17. The first-order valence-corrected chi connectivity index (χ1v) is 7.69. The Labute approximate surface area is 126 Å². The smallest absolute Gasteiger partial charge is 0.0882 e. The Bertz CT molecular complexity index is 654. The topological polar surface area (TPSA) is 36.4 Å². The Morgan fingerprint density at radius 3 is 2.85 bits per heavy atom. The number of para-hydroxylation sites is 1. The van der Waals surface area contributed by atoms with Crippen LogP contribution in [0.25, 0.3) is 5.57 Å². The largest absolute Gasteiger partial charge is 0.288 e. The summed E-state index contributed by atoms with van der Waals surface area (Å²) in [5.74, 6) is 0. The average Bonchev–Trinajstić information content (AvgIpc) is 2.60. The Kier molecular flexibility index (Phi) is 3.85. The molecule has 2 heterocycles. The van der Waals surface area contributed by atoms with E-state index >= 15 is 0 Å². The van der Waals surface area contributed by atoms with Crippen LogP contribution in [0.1, 0.15) is 23.2 Å². The van der Waals surface area contributed by atoms with Crippen LogP contribution in [0.5, 0.6) is 0 Å². The number of halogens is 1. The molecule has 1 aliphatic rings. The van der Waals surface area contributed by atoms with Crippen LogP contribution in [-0.2, 0) is 6.54 Å². The third-order valence-electron chi connectivity index (χ3n) is 3.41. The molecule has 0 aliphatic carbocycles. The van der Waals surface area contributed by atoms with E-state index in [9.17, 15) is 5.21 Å². The second-order valence-electron chi connectivity index (χ2n) is 4.67. The minimum absolute atomic E-state index is 0.402. The molecule has 102 valence electrons. The molecule has 0 saturated carbocycles. The van der Waals surface area contributed by atoms with Gasteiger partial charge in [-0.15, -0.1) is 0 Å². The van der Waals surface area contributed by atoms with E-state index in [1.165, 1.54) is 5.06 Å². The van der Waals surface area contributed by atoms with Gasteiger partial charge < -0.3 is 0 Å². The predicted molar refractivity (Wildman–Crippen MR) is 84.1 cm³/mol. The van der Waals surface area contributed by atoms with Gasteiger partial charge >= 0.3 is 0 Å². The molecule has 0 atom stereocenters. The average molecular weight is 331 g/mol. The van der Waals surface area contributed by atoms with Gasteiger partial charge in [-0.25, -0.2) is 0 Å². The molecule has 1 aliphatic heterocycles. The van der Waals surface area contributed by atoms with Gasteiger partial charge in [0.05, 0.1) is 17.9 Å². The van der Waals surface area contributed by atoms with Crippen molar-refractivity contribution in [1.82, 2.24) is 4.98 Å². The second-order valence-corrected chi connectivity index (χ2v) is 5.46. The highest BCUT2D eigenvalue weighted by Crippen LogP contribution is 2.36. The Balaban J connectivity index is 2.24. The number of nitrogens with zero attached hydrogens (tertiary/aromatic N) is 2. The highest BCUT2D eigenvalue weighted by molar-refractivity contribution is 9.09. The van der Waals surface area contributed by atoms with Crippen LogP contribution in [0, 0.1) is 0 Å². The minimum Gasteiger partial charge on any atom is -0.288 e. The molecule has 3 nitrogen and oxygen atoms in total. The second kappa shape index (κ2) is 5.77. The van der Waals surface area contributed by atoms with E-state index in [1.807, 2.05) is 30.3 Å². The number of hydrogen-bond donors (Lipinski definition) is 1. The summed E-state index contributed by atoms with van der Waals surface area (Å²) in [7, 11) is 0. The van der Waals surface area contributed by atoms with E-state index in [0.29, 0.717) is 6.54 Å². The summed E-state index contributed by atoms with van der Waals surface area (Å²) in [5.41, 5.74) is 5.00. The van der Waals surface area contributed by atoms with Gasteiger partial charge in [0, 0.05) is 22.7 Å². The molecule has 0 fully saturated rings. The molecule has 20 heavy (non-hydrogen) atoms. The fourth-order valence-electron chi connectivity index (χ4n) is 2.53. The number of allylic oxidation sites excluding steroid dienone is 1. The summed E-state index contributed by atoms with van der Waals surface area (Å²) in [5, 5.41) is 12.5. The summed E-state index contributed by atoms with van der Waals surface area (Å²) >= 11 is 3.47. The summed E-state index contributed by atoms with van der Waals surface area (Å²) in [6.45, 7) is 0.402. The number of pyridine rings is 1. The molecule has 2 aromatic rings. The number of anilines is 1. The van der Waals surface area contributed by atoms with Crippen LogP contribution in [0.3, 0.4) is 0 Å². The highest BCUT2D eigenvalue weighted by atomic mass is 79.9. The fraction of sp³-hybridized carbons (Fsp3) is 0.188. The van der Waals surface area contributed by atoms with E-state index in [1.54, 1.807) is 6.20 Å². The SMILES string of the molecule is ON1Cc2ncccc2C(=CCCBr)c2ccccc21. The molecule has 4 heteroatoms. The number of benzene rings is 1. The van der Waals surface area contributed by atoms with Crippen LogP contribution in [0.2, 0.25) is 0 Å². The zero-order chi connectivity index (χ0) is 13.9. The maximum absolute atomic E-state index is 10.3. The molecule has 1 aromatic carbocycles. The van der Waals surface area contributed by atoms with Gasteiger partial charge in [-0.1, -0.05) is 46.3 Å². The molecule has 1 aromatic heterocycles. The van der Waals surface area contributed by atoms with Gasteiger partial charge in [0.2, 0.25) is 0 Å². The zero-order valence-corrected chi connectivity index (χ0v) is 12.5. The van der Waals surface area contributed by atoms with Crippen molar-refractivity contribution in [3.05, 3.63) is 65.5 Å². The zero-order valence-electron chi connectivity index (χ0n) is 11.0. The van der Waals surface area contributed by atoms with Crippen molar-refractivity contribution in [1.29, 1.82) is 0 Å². The van der Waals surface area contributed by atoms with E-state index in [0.717, 1.165) is 39.8 Å². The first-order valence-electron chi connectivity index (χ1n) is 6.57. The predicted octanol–water partition coefficient (Wildman–Crippen LogP) is 4.01. The van der Waals surface area contributed by atoms with Crippen LogP contribution in [0.15, 0.2) is 48.7 Å². The molecule has 0 unspecified atom stereocenters. The Morgan fingerprint density at radius 1 is 1.20 bits per heavy atom. The Hall–Kier alpha value is -1.65. The molecule has 0 amide bonds. The molecule has 0 saturated heterocycles. The quantitative estimate of drug-likeness (QED) is 0.845. The lowest BCUT2D eigenvalue weighted by Gasteiger charge is -2.16.